The van der Waals surface area contributed by atoms with Gasteiger partial charge in [0.2, 0.25) is 0 Å². The van der Waals surface area contributed by atoms with E-state index in [4.69, 9.17) is 33.9 Å². The Balaban J connectivity index is 4.63. The van der Waals surface area contributed by atoms with Gasteiger partial charge in [0.25, 0.3) is 0 Å². The Morgan fingerprint density at radius 3 is 1.13 bits per heavy atom. The lowest BCUT2D eigenvalue weighted by atomic mass is 10.4. The van der Waals surface area contributed by atoms with Gasteiger partial charge in [-0.1, -0.05) is 23.7 Å². The predicted octanol–water partition coefficient (Wildman–Crippen LogP) is 4.05. The molecule has 172 valence electrons. The third-order valence-corrected chi connectivity index (χ3v) is 16.3. The van der Waals surface area contributed by atoms with E-state index in [0.29, 0.717) is 26.2 Å². The van der Waals surface area contributed by atoms with Crippen LogP contribution in [0.3, 0.4) is 0 Å². The molecule has 0 bridgehead atoms. The molecule has 0 N–H and O–H groups in total. The summed E-state index contributed by atoms with van der Waals surface area (Å²) in [5.41, 5.74) is 0. The molecule has 0 aliphatic heterocycles. The topological polar surface area (TPSA) is 24.9 Å². The summed E-state index contributed by atoms with van der Waals surface area (Å²) in [5, 5.41) is 0. The summed E-state index contributed by atoms with van der Waals surface area (Å²) in [6.45, 7) is 17.7. The largest absolute Gasteiger partial charge is 0.437 e. The highest BCUT2D eigenvalue weighted by atomic mass is 28.5. The number of terminal acetylenes is 4. The summed E-state index contributed by atoms with van der Waals surface area (Å²) in [6.07, 6.45) is 23.8. The molecule has 0 spiro atoms. The number of hydrogen-bond acceptors (Lipinski definition) is 4. The SMILES string of the molecule is C#CCN(CC#C)CCC[Si](C)(C)O[Si](C)(C)O[Si](C)(C)CCCN(CC#C)CC#C. The zero-order valence-corrected chi connectivity index (χ0v) is 23.6. The maximum Gasteiger partial charge on any atom is 0.311 e. The molecule has 0 aliphatic carbocycles. The van der Waals surface area contributed by atoms with Gasteiger partial charge in [0.1, 0.15) is 0 Å². The summed E-state index contributed by atoms with van der Waals surface area (Å²) in [6, 6.07) is 2.13. The predicted molar refractivity (Wildman–Crippen MR) is 142 cm³/mol. The summed E-state index contributed by atoms with van der Waals surface area (Å²) in [4.78, 5) is 4.26. The van der Waals surface area contributed by atoms with Gasteiger partial charge < -0.3 is 8.23 Å². The monoisotopic (exact) mass is 474 g/mol. The van der Waals surface area contributed by atoms with Gasteiger partial charge in [0, 0.05) is 0 Å². The van der Waals surface area contributed by atoms with Crippen LogP contribution in [0.5, 0.6) is 0 Å². The van der Waals surface area contributed by atoms with E-state index < -0.39 is 25.2 Å². The minimum absolute atomic E-state index is 0.594. The molecule has 0 aromatic rings. The van der Waals surface area contributed by atoms with E-state index in [1.807, 2.05) is 0 Å². The van der Waals surface area contributed by atoms with E-state index in [1.54, 1.807) is 0 Å². The van der Waals surface area contributed by atoms with Crippen LogP contribution in [0.2, 0.25) is 51.4 Å². The molecule has 31 heavy (non-hydrogen) atoms. The molecular weight excluding hydrogens is 433 g/mol. The van der Waals surface area contributed by atoms with Gasteiger partial charge in [-0.2, -0.15) is 0 Å². The van der Waals surface area contributed by atoms with Crippen molar-refractivity contribution < 1.29 is 8.23 Å². The van der Waals surface area contributed by atoms with Crippen molar-refractivity contribution in [3.8, 4) is 49.4 Å². The van der Waals surface area contributed by atoms with Gasteiger partial charge in [-0.15, -0.1) is 25.7 Å². The van der Waals surface area contributed by atoms with Crippen molar-refractivity contribution in [2.45, 2.75) is 64.2 Å². The lowest BCUT2D eigenvalue weighted by Gasteiger charge is -2.39. The Morgan fingerprint density at radius 1 is 0.581 bits per heavy atom. The number of nitrogens with zero attached hydrogens (tertiary/aromatic N) is 2. The molecule has 0 unspecified atom stereocenters. The van der Waals surface area contributed by atoms with Crippen LogP contribution >= 0.6 is 0 Å². The average Bonchev–Trinajstić information content (AvgIpc) is 2.60. The van der Waals surface area contributed by atoms with Gasteiger partial charge in [-0.05, 0) is 77.3 Å². The van der Waals surface area contributed by atoms with Crippen LogP contribution < -0.4 is 0 Å². The normalized spacial score (nSPS) is 12.3. The molecule has 0 fully saturated rings. The summed E-state index contributed by atoms with van der Waals surface area (Å²) < 4.78 is 13.4. The lowest BCUT2D eigenvalue weighted by molar-refractivity contribution is 0.337. The minimum Gasteiger partial charge on any atom is -0.437 e. The first-order chi connectivity index (χ1) is 14.4. The number of rotatable bonds is 16. The summed E-state index contributed by atoms with van der Waals surface area (Å²) in [5.74, 6) is 10.7. The Labute approximate surface area is 196 Å². The van der Waals surface area contributed by atoms with E-state index >= 15 is 0 Å². The molecule has 0 saturated heterocycles. The van der Waals surface area contributed by atoms with Gasteiger partial charge in [0.05, 0.1) is 26.2 Å². The van der Waals surface area contributed by atoms with E-state index in [1.165, 1.54) is 0 Å². The van der Waals surface area contributed by atoms with Crippen LogP contribution in [0.4, 0.5) is 0 Å². The molecule has 0 heterocycles. The van der Waals surface area contributed by atoms with Crippen LogP contribution in [0, 0.1) is 49.4 Å². The van der Waals surface area contributed by atoms with Gasteiger partial charge in [-0.3, -0.25) is 9.80 Å². The second kappa shape index (κ2) is 14.7. The van der Waals surface area contributed by atoms with Crippen molar-refractivity contribution in [3.05, 3.63) is 0 Å². The van der Waals surface area contributed by atoms with Gasteiger partial charge in [0.15, 0.2) is 16.6 Å². The van der Waals surface area contributed by atoms with E-state index in [2.05, 4.69) is 72.8 Å². The highest BCUT2D eigenvalue weighted by Gasteiger charge is 2.39. The van der Waals surface area contributed by atoms with Crippen LogP contribution in [0.1, 0.15) is 12.8 Å². The molecule has 0 aliphatic rings. The zero-order valence-electron chi connectivity index (χ0n) is 20.6. The molecule has 7 heteroatoms. The Kier molecular flexibility index (Phi) is 14.1. The van der Waals surface area contributed by atoms with Crippen molar-refractivity contribution in [1.29, 1.82) is 0 Å². The fourth-order valence-corrected chi connectivity index (χ4v) is 17.9. The maximum atomic E-state index is 6.70. The van der Waals surface area contributed by atoms with Crippen molar-refractivity contribution >= 4 is 25.2 Å². The Bertz CT molecular complexity index is 604. The number of hydrogen-bond donors (Lipinski definition) is 0. The quantitative estimate of drug-likeness (QED) is 0.249. The van der Waals surface area contributed by atoms with E-state index in [-0.39, 0.29) is 0 Å². The van der Waals surface area contributed by atoms with Crippen molar-refractivity contribution in [3.63, 3.8) is 0 Å². The highest BCUT2D eigenvalue weighted by molar-refractivity contribution is 6.87. The molecule has 0 aromatic carbocycles. The standard InChI is InChI=1S/C24H42N2O2Si3/c1-11-17-25(18-12-2)21-15-23-29(5,6)27-31(9,10)28-30(7,8)24-16-22-26(19-13-3)20-14-4/h1-4H,15-24H2,5-10H3. The first kappa shape index (κ1) is 29.7. The third kappa shape index (κ3) is 15.2. The fourth-order valence-electron chi connectivity index (χ4n) is 3.85. The van der Waals surface area contributed by atoms with Gasteiger partial charge >= 0.3 is 8.56 Å². The molecule has 0 atom stereocenters. The van der Waals surface area contributed by atoms with Crippen LogP contribution in [0.25, 0.3) is 0 Å². The highest BCUT2D eigenvalue weighted by Crippen LogP contribution is 2.26. The minimum atomic E-state index is -2.22. The van der Waals surface area contributed by atoms with Gasteiger partial charge in [-0.25, -0.2) is 0 Å². The molecule has 4 nitrogen and oxygen atoms in total. The van der Waals surface area contributed by atoms with E-state index in [9.17, 15) is 0 Å². The second-order valence-corrected chi connectivity index (χ2v) is 22.0. The molecule has 0 rings (SSSR count). The van der Waals surface area contributed by atoms with Crippen LogP contribution in [-0.4, -0.2) is 74.3 Å². The molecule has 0 amide bonds. The molecular formula is C24H42N2O2Si3. The van der Waals surface area contributed by atoms with Crippen molar-refractivity contribution in [2.75, 3.05) is 39.3 Å². The molecule has 0 radical (unpaired) electrons. The zero-order chi connectivity index (χ0) is 24.0. The van der Waals surface area contributed by atoms with Crippen molar-refractivity contribution in [2.24, 2.45) is 0 Å². The maximum absolute atomic E-state index is 6.70. The summed E-state index contributed by atoms with van der Waals surface area (Å²) >= 11 is 0. The van der Waals surface area contributed by atoms with E-state index in [0.717, 1.165) is 38.0 Å². The molecule has 0 aromatic heterocycles. The van der Waals surface area contributed by atoms with Crippen LogP contribution in [-0.2, 0) is 8.23 Å². The Morgan fingerprint density at radius 2 is 0.871 bits per heavy atom. The lowest BCUT2D eigenvalue weighted by Crippen LogP contribution is -2.52. The van der Waals surface area contributed by atoms with Crippen molar-refractivity contribution in [1.82, 2.24) is 9.80 Å². The smallest absolute Gasteiger partial charge is 0.311 e. The molecule has 0 saturated carbocycles. The first-order valence-corrected chi connectivity index (χ1v) is 20.0. The second-order valence-electron chi connectivity index (χ2n) is 9.57. The summed E-state index contributed by atoms with van der Waals surface area (Å²) in [7, 11) is -5.91. The van der Waals surface area contributed by atoms with Crippen LogP contribution in [0.15, 0.2) is 0 Å². The average molecular weight is 475 g/mol. The Hall–Kier alpha value is -1.27. The fraction of sp³-hybridized carbons (Fsp3) is 0.667. The third-order valence-electron chi connectivity index (χ3n) is 4.81. The first-order valence-electron chi connectivity index (χ1n) is 11.0.